The summed E-state index contributed by atoms with van der Waals surface area (Å²) in [6.45, 7) is 6.55. The van der Waals surface area contributed by atoms with E-state index >= 15 is 4.79 Å². The van der Waals surface area contributed by atoms with Gasteiger partial charge in [0.1, 0.15) is 57.6 Å². The lowest BCUT2D eigenvalue weighted by Gasteiger charge is -2.34. The Morgan fingerprint density at radius 1 is 0.735 bits per heavy atom. The first-order valence-corrected chi connectivity index (χ1v) is 34.8. The first-order valence-electron chi connectivity index (χ1n) is 33.3. The zero-order valence-corrected chi connectivity index (χ0v) is 58.8. The van der Waals surface area contributed by atoms with Crippen LogP contribution in [0.4, 0.5) is 4.79 Å². The van der Waals surface area contributed by atoms with E-state index in [1.807, 2.05) is 24.3 Å². The minimum atomic E-state index is -2.20. The highest BCUT2D eigenvalue weighted by Gasteiger charge is 2.50. The van der Waals surface area contributed by atoms with Crippen LogP contribution >= 0.6 is 23.7 Å². The summed E-state index contributed by atoms with van der Waals surface area (Å²) in [6, 6.07) is 5.34. The molecule has 3 aliphatic rings. The Morgan fingerprint density at radius 2 is 1.37 bits per heavy atom. The van der Waals surface area contributed by atoms with Crippen LogP contribution in [0.25, 0.3) is 21.1 Å². The predicted octanol–water partition coefficient (Wildman–Crippen LogP) is 0.286. The summed E-state index contributed by atoms with van der Waals surface area (Å²) in [4.78, 5) is 130. The lowest BCUT2D eigenvalue weighted by molar-refractivity contribution is -0.433. The second-order valence-electron chi connectivity index (χ2n) is 26.0. The molecule has 0 bridgehead atoms. The number of ether oxygens (including phenoxy) is 3. The standard InChI is InChI=1S/C66H91N11O23S2/c1-35-33-77-54(55(35)85)60(90)69-32-41(79)30-44(70-56(86)38-13-15-39(16-14-38)61-74-75-62(101-61)40-17-19-43(20-18-40)96-27-11-9-7-8-10-26-95-6)57(87)71-51(36(2)78)63(91)76-34-42(80)31-45(76)58(88)72-52(48(83)28-37-12-21-46(81)49(29-37)98-102-100-99-94)59(89)73-53(64(77)92)47(82)22-24-67-50(84)23-25-68-65(93)97-66(3,4)5/h12-21,29,35-36,41-42,44-45,47-48,51-55,78-83,85,94H,7-11,22-28,30-34H2,1-6H3,(H,67,84)(H,68,93)(H,69,90)(H,70,86)(H,71,87)(H,72,88)(H,73,89)/t35-,36+,41+,42+,44+,45+,47-,48-,51+,52+,53+,54+,55+/m1/s1. The molecule has 4 heterocycles. The largest absolute Gasteiger partial charge is 0.504 e. The molecule has 0 saturated carbocycles. The fraction of sp³-hybridized carbons (Fsp3) is 0.561. The van der Waals surface area contributed by atoms with Crippen molar-refractivity contribution in [2.75, 3.05) is 53.0 Å². The number of alkyl carbamates (subject to hydrolysis) is 1. The molecular weight excluding hydrogens is 1380 g/mol. The molecule has 0 radical (unpaired) electrons. The third-order valence-corrected chi connectivity index (χ3v) is 18.2. The molecule has 34 nitrogen and oxygen atoms in total. The highest BCUT2D eigenvalue weighted by Crippen LogP contribution is 2.34. The van der Waals surface area contributed by atoms with E-state index in [0.29, 0.717) is 27.9 Å². The summed E-state index contributed by atoms with van der Waals surface area (Å²) in [5.41, 5.74) is 0.602. The molecule has 3 aromatic carbocycles. The maximum Gasteiger partial charge on any atom is 0.407 e. The number of unbranched alkanes of at least 4 members (excludes halogenated alkanes) is 4. The summed E-state index contributed by atoms with van der Waals surface area (Å²) < 4.78 is 25.6. The maximum atomic E-state index is 15.1. The summed E-state index contributed by atoms with van der Waals surface area (Å²) in [5, 5.41) is 119. The van der Waals surface area contributed by atoms with E-state index < -0.39 is 195 Å². The second kappa shape index (κ2) is 38.8. The smallest absolute Gasteiger partial charge is 0.407 e. The fourth-order valence-electron chi connectivity index (χ4n) is 11.5. The summed E-state index contributed by atoms with van der Waals surface area (Å²) in [5.74, 6) is -9.81. The number of carbonyl (C=O) groups excluding carboxylic acids is 9. The van der Waals surface area contributed by atoms with Gasteiger partial charge < -0.3 is 101 Å². The maximum absolute atomic E-state index is 15.1. The molecule has 4 aromatic rings. The Hall–Kier alpha value is -8.40. The molecule has 3 saturated heterocycles. The lowest BCUT2D eigenvalue weighted by Crippen LogP contribution is -2.64. The van der Waals surface area contributed by atoms with Crippen LogP contribution < -0.4 is 46.1 Å². The molecule has 560 valence electrons. The molecule has 36 heteroatoms. The van der Waals surface area contributed by atoms with Crippen LogP contribution in [0, 0.1) is 5.92 Å². The van der Waals surface area contributed by atoms with E-state index in [0.717, 1.165) is 73.1 Å². The van der Waals surface area contributed by atoms with E-state index in [9.17, 15) is 74.1 Å². The number of carbonyl (C=O) groups is 9. The van der Waals surface area contributed by atoms with Gasteiger partial charge in [0.05, 0.1) is 43.2 Å². The molecule has 7 rings (SSSR count). The van der Waals surface area contributed by atoms with Crippen LogP contribution in [0.2, 0.25) is 0 Å². The molecule has 9 amide bonds. The minimum Gasteiger partial charge on any atom is -0.504 e. The normalized spacial score (nSPS) is 23.4. The van der Waals surface area contributed by atoms with Gasteiger partial charge in [0, 0.05) is 94.7 Å². The Labute approximate surface area is 596 Å². The van der Waals surface area contributed by atoms with E-state index in [-0.39, 0.29) is 42.2 Å². The monoisotopic (exact) mass is 1470 g/mol. The van der Waals surface area contributed by atoms with Gasteiger partial charge in [0.15, 0.2) is 11.5 Å². The quantitative estimate of drug-likeness (QED) is 0.0157. The molecule has 0 aliphatic carbocycles. The van der Waals surface area contributed by atoms with Gasteiger partial charge in [-0.25, -0.2) is 10.1 Å². The van der Waals surface area contributed by atoms with Gasteiger partial charge in [-0.3, -0.25) is 38.4 Å². The number of phenolic OH excluding ortho intramolecular Hbond substituents is 1. The van der Waals surface area contributed by atoms with Gasteiger partial charge in [0.25, 0.3) is 18.2 Å². The van der Waals surface area contributed by atoms with Gasteiger partial charge in [-0.1, -0.05) is 65.1 Å². The number of aliphatic hydroxyl groups is 6. The number of hydrogen-bond donors (Lipinski definition) is 15. The first kappa shape index (κ1) is 80.9. The average Bonchev–Trinajstić information content (AvgIpc) is 1.62. The van der Waals surface area contributed by atoms with Gasteiger partial charge in [-0.2, -0.15) is 0 Å². The SMILES string of the molecule is COCCCCCCCOc1ccc(-c2nnc(-c3ccc(C(=O)N[C@H]4C[C@H](O)CNC(=O)[C@@H]5[C@@H](O)[C@H](C)CN5C(=O)[C@H]([C@H](O)CCNC(=O)CCNC(=O)OC(C)(C)C)NC(=O)[C@H]([C@H](O)Cc5ccc(O)c(OSOOO)c5)NC(=O)[C@@H]5C[C@H](O)CN5C(=O)[C@H]([C@H](C)O)NC4=O)cc3)s2)cc1. The first-order chi connectivity index (χ1) is 48.5. The van der Waals surface area contributed by atoms with Crippen LogP contribution in [0.5, 0.6) is 17.2 Å². The number of aromatic hydroxyl groups is 1. The van der Waals surface area contributed by atoms with Crippen LogP contribution in [-0.2, 0) is 58.8 Å². The van der Waals surface area contributed by atoms with Crippen LogP contribution in [0.1, 0.15) is 108 Å². The molecule has 0 spiro atoms. The number of phenols is 1. The number of rotatable bonds is 28. The number of aliphatic hydroxyl groups excluding tert-OH is 6. The molecule has 15 N–H and O–H groups in total. The average molecular weight is 1470 g/mol. The fourth-order valence-corrected chi connectivity index (χ4v) is 12.6. The number of methoxy groups -OCH3 is 1. The van der Waals surface area contributed by atoms with Crippen molar-refractivity contribution in [1.29, 1.82) is 0 Å². The molecule has 3 fully saturated rings. The van der Waals surface area contributed by atoms with E-state index in [1.54, 1.807) is 40.0 Å². The number of nitrogens with one attached hydrogen (secondary N) is 7. The number of nitrogens with zero attached hydrogens (tertiary/aromatic N) is 4. The third kappa shape index (κ3) is 23.6. The Kier molecular flexibility index (Phi) is 30.7. The van der Waals surface area contributed by atoms with Gasteiger partial charge in [-0.05, 0) is 101 Å². The number of β-amino-alcohol motifs (C(OH)–C–C–N with tert-alkyl or cyclic N) is 1. The van der Waals surface area contributed by atoms with Crippen molar-refractivity contribution < 1.29 is 112 Å². The summed E-state index contributed by atoms with van der Waals surface area (Å²) in [6.07, 6.45) is -8.99. The van der Waals surface area contributed by atoms with E-state index in [2.05, 4.69) is 56.8 Å². The number of benzene rings is 3. The Balaban J connectivity index is 1.16. The highest BCUT2D eigenvalue weighted by molar-refractivity contribution is 7.90. The van der Waals surface area contributed by atoms with Crippen molar-refractivity contribution in [1.82, 2.24) is 57.2 Å². The number of hydrogen-bond acceptors (Lipinski definition) is 27. The molecule has 13 atom stereocenters. The van der Waals surface area contributed by atoms with Gasteiger partial charge in [-0.15, -0.1) is 10.2 Å². The Bertz CT molecular complexity index is 3480. The van der Waals surface area contributed by atoms with E-state index in [4.69, 9.17) is 23.7 Å². The predicted molar refractivity (Wildman–Crippen MR) is 364 cm³/mol. The lowest BCUT2D eigenvalue weighted by atomic mass is 9.98. The number of fused-ring (bicyclic) bond motifs is 2. The zero-order valence-electron chi connectivity index (χ0n) is 57.2. The van der Waals surface area contributed by atoms with Crippen LogP contribution in [0.3, 0.4) is 0 Å². The van der Waals surface area contributed by atoms with Crippen molar-refractivity contribution >= 4 is 77.0 Å². The minimum absolute atomic E-state index is 0.00430. The topological polar surface area (TPSA) is 487 Å². The van der Waals surface area contributed by atoms with Gasteiger partial charge >= 0.3 is 6.09 Å². The van der Waals surface area contributed by atoms with Gasteiger partial charge in [0.2, 0.25) is 41.4 Å². The van der Waals surface area contributed by atoms with E-state index in [1.165, 1.54) is 36.5 Å². The van der Waals surface area contributed by atoms with Crippen LogP contribution in [-0.4, -0.2) is 246 Å². The third-order valence-electron chi connectivity index (χ3n) is 16.9. The van der Waals surface area contributed by atoms with Crippen molar-refractivity contribution in [3.8, 4) is 38.4 Å². The second-order valence-corrected chi connectivity index (χ2v) is 27.5. The molecule has 0 unspecified atom stereocenters. The molecular formula is C66H91N11O23S2. The van der Waals surface area contributed by atoms with Crippen molar-refractivity contribution in [2.24, 2.45) is 5.92 Å². The molecule has 102 heavy (non-hydrogen) atoms. The number of amides is 9. The number of aromatic nitrogens is 2. The molecule has 3 aliphatic heterocycles. The zero-order chi connectivity index (χ0) is 74.4. The Morgan fingerprint density at radius 3 is 2.03 bits per heavy atom. The summed E-state index contributed by atoms with van der Waals surface area (Å²) in [7, 11) is 1.69. The molecule has 1 aromatic heterocycles. The summed E-state index contributed by atoms with van der Waals surface area (Å²) >= 11 is 1.34. The highest BCUT2D eigenvalue weighted by atomic mass is 32.2. The van der Waals surface area contributed by atoms with Crippen molar-refractivity contribution in [3.05, 3.63) is 77.9 Å². The van der Waals surface area contributed by atoms with Crippen molar-refractivity contribution in [2.45, 2.75) is 177 Å². The van der Waals surface area contributed by atoms with Crippen LogP contribution in [0.15, 0.2) is 66.7 Å². The van der Waals surface area contributed by atoms with Crippen molar-refractivity contribution in [3.63, 3.8) is 0 Å².